The molecule has 2 atom stereocenters. The highest BCUT2D eigenvalue weighted by Crippen LogP contribution is 2.47. The van der Waals surface area contributed by atoms with Crippen LogP contribution in [-0.4, -0.2) is 34.5 Å². The topological polar surface area (TPSA) is 57.6 Å². The molecule has 1 aromatic heterocycles. The molecule has 3 heterocycles. The first-order valence-corrected chi connectivity index (χ1v) is 8.56. The number of hydrogen-bond acceptors (Lipinski definition) is 3. The second-order valence-electron chi connectivity index (χ2n) is 6.86. The van der Waals surface area contributed by atoms with E-state index in [2.05, 4.69) is 4.90 Å². The van der Waals surface area contributed by atoms with Crippen molar-refractivity contribution in [2.75, 3.05) is 6.54 Å². The van der Waals surface area contributed by atoms with Gasteiger partial charge in [0, 0.05) is 12.6 Å². The fourth-order valence-electron chi connectivity index (χ4n) is 4.74. The zero-order valence-corrected chi connectivity index (χ0v) is 12.6. The molecule has 4 bridgehead atoms. The van der Waals surface area contributed by atoms with Crippen LogP contribution in [0.25, 0.3) is 0 Å². The van der Waals surface area contributed by atoms with Gasteiger partial charge in [0.1, 0.15) is 4.88 Å². The second-order valence-corrected chi connectivity index (χ2v) is 7.94. The predicted molar refractivity (Wildman–Crippen MR) is 79.7 cm³/mol. The van der Waals surface area contributed by atoms with Gasteiger partial charge in [0.25, 0.3) is 5.91 Å². The Morgan fingerprint density at radius 1 is 1.00 bits per heavy atom. The van der Waals surface area contributed by atoms with Crippen molar-refractivity contribution in [3.63, 3.8) is 0 Å². The Bertz CT molecular complexity index is 582. The van der Waals surface area contributed by atoms with Crippen LogP contribution in [0.3, 0.4) is 0 Å². The highest BCUT2D eigenvalue weighted by molar-refractivity contribution is 7.15. The third-order valence-corrected chi connectivity index (χ3v) is 6.46. The summed E-state index contributed by atoms with van der Waals surface area (Å²) in [6.45, 7) is 0.872. The number of rotatable bonds is 2. The van der Waals surface area contributed by atoms with E-state index in [1.54, 1.807) is 12.1 Å². The predicted octanol–water partition coefficient (Wildman–Crippen LogP) is 3.10. The van der Waals surface area contributed by atoms with Crippen LogP contribution < -0.4 is 0 Å². The molecule has 5 heteroatoms. The van der Waals surface area contributed by atoms with Gasteiger partial charge in [-0.15, -0.1) is 11.3 Å². The molecule has 5 rings (SSSR count). The largest absolute Gasteiger partial charge is 0.477 e. The lowest BCUT2D eigenvalue weighted by Gasteiger charge is -2.38. The molecule has 0 spiro atoms. The van der Waals surface area contributed by atoms with E-state index in [1.807, 2.05) is 0 Å². The molecule has 2 saturated carbocycles. The number of thiophene rings is 1. The summed E-state index contributed by atoms with van der Waals surface area (Å²) in [5.74, 6) is 1.37. The number of carbonyl (C=O) groups excluding carboxylic acids is 1. The number of carboxylic acid groups (broad SMARTS) is 1. The molecule has 112 valence electrons. The van der Waals surface area contributed by atoms with Crippen molar-refractivity contribution in [1.29, 1.82) is 0 Å². The van der Waals surface area contributed by atoms with E-state index in [0.717, 1.165) is 42.6 Å². The summed E-state index contributed by atoms with van der Waals surface area (Å²) in [5, 5.41) is 9.01. The molecule has 1 amide bonds. The Kier molecular flexibility index (Phi) is 3.06. The van der Waals surface area contributed by atoms with E-state index in [9.17, 15) is 9.59 Å². The zero-order chi connectivity index (χ0) is 14.6. The number of fused-ring (bicyclic) bond motifs is 1. The van der Waals surface area contributed by atoms with Gasteiger partial charge in [0.15, 0.2) is 0 Å². The minimum atomic E-state index is -0.949. The number of aromatic carboxylic acids is 1. The lowest BCUT2D eigenvalue weighted by atomic mass is 9.68. The smallest absolute Gasteiger partial charge is 0.345 e. The first-order chi connectivity index (χ1) is 10.1. The lowest BCUT2D eigenvalue weighted by Crippen LogP contribution is -2.41. The summed E-state index contributed by atoms with van der Waals surface area (Å²) in [6, 6.07) is 3.59. The zero-order valence-electron chi connectivity index (χ0n) is 11.8. The Hall–Kier alpha value is -1.36. The van der Waals surface area contributed by atoms with E-state index in [-0.39, 0.29) is 10.8 Å². The molecule has 0 aromatic carbocycles. The molecule has 2 saturated heterocycles. The summed E-state index contributed by atoms with van der Waals surface area (Å²) in [4.78, 5) is 26.7. The Morgan fingerprint density at radius 2 is 1.62 bits per heavy atom. The third-order valence-electron chi connectivity index (χ3n) is 5.39. The van der Waals surface area contributed by atoms with Gasteiger partial charge in [-0.1, -0.05) is 0 Å². The monoisotopic (exact) mass is 305 g/mol. The van der Waals surface area contributed by atoms with Gasteiger partial charge in [0.2, 0.25) is 0 Å². The first-order valence-electron chi connectivity index (χ1n) is 7.74. The molecule has 1 N–H and O–H groups in total. The van der Waals surface area contributed by atoms with E-state index < -0.39 is 5.97 Å². The fourth-order valence-corrected chi connectivity index (χ4v) is 5.54. The van der Waals surface area contributed by atoms with E-state index in [0.29, 0.717) is 16.8 Å². The van der Waals surface area contributed by atoms with Crippen LogP contribution in [0.4, 0.5) is 0 Å². The molecule has 2 aliphatic carbocycles. The highest BCUT2D eigenvalue weighted by Gasteiger charge is 2.44. The molecule has 2 aliphatic heterocycles. The first kappa shape index (κ1) is 13.3. The Balaban J connectivity index is 1.60. The van der Waals surface area contributed by atoms with Crippen molar-refractivity contribution in [1.82, 2.24) is 4.90 Å². The standard InChI is InChI=1S/C16H19NO3S/c18-15(13-1-2-14(21-13)16(19)20)17-8-11-4-9-3-10(5-11)7-12(17)6-9/h1-2,9-12H,3-8H2,(H,19,20). The maximum Gasteiger partial charge on any atom is 0.345 e. The second kappa shape index (κ2) is 4.83. The number of hydrogen-bond donors (Lipinski definition) is 1. The van der Waals surface area contributed by atoms with Gasteiger partial charge < -0.3 is 10.0 Å². The molecular weight excluding hydrogens is 286 g/mol. The van der Waals surface area contributed by atoms with Gasteiger partial charge in [0.05, 0.1) is 4.88 Å². The van der Waals surface area contributed by atoms with Crippen LogP contribution in [-0.2, 0) is 0 Å². The van der Waals surface area contributed by atoms with Crippen LogP contribution >= 0.6 is 11.3 Å². The normalized spacial score (nSPS) is 34.0. The maximum atomic E-state index is 12.8. The Labute approximate surface area is 127 Å². The van der Waals surface area contributed by atoms with E-state index in [4.69, 9.17) is 5.11 Å². The quantitative estimate of drug-likeness (QED) is 0.913. The molecular formula is C16H19NO3S. The summed E-state index contributed by atoms with van der Waals surface area (Å²) in [5.41, 5.74) is 0. The van der Waals surface area contributed by atoms with Gasteiger partial charge in [-0.2, -0.15) is 0 Å². The van der Waals surface area contributed by atoms with Crippen LogP contribution in [0.5, 0.6) is 0 Å². The average molecular weight is 305 g/mol. The minimum Gasteiger partial charge on any atom is -0.477 e. The maximum absolute atomic E-state index is 12.8. The highest BCUT2D eigenvalue weighted by atomic mass is 32.1. The average Bonchev–Trinajstić information content (AvgIpc) is 2.85. The van der Waals surface area contributed by atoms with E-state index in [1.165, 1.54) is 19.3 Å². The minimum absolute atomic E-state index is 0.0469. The third kappa shape index (κ3) is 2.27. The van der Waals surface area contributed by atoms with Crippen LogP contribution in [0.15, 0.2) is 12.1 Å². The van der Waals surface area contributed by atoms with Gasteiger partial charge in [-0.25, -0.2) is 4.79 Å². The number of carboxylic acids is 1. The molecule has 4 aliphatic rings. The molecule has 2 unspecified atom stereocenters. The number of amides is 1. The number of carbonyl (C=O) groups is 2. The van der Waals surface area contributed by atoms with Crippen LogP contribution in [0, 0.1) is 17.8 Å². The summed E-state index contributed by atoms with van der Waals surface area (Å²) >= 11 is 1.10. The molecule has 4 nitrogen and oxygen atoms in total. The van der Waals surface area contributed by atoms with Gasteiger partial charge in [-0.05, 0) is 62.0 Å². The van der Waals surface area contributed by atoms with Crippen molar-refractivity contribution < 1.29 is 14.7 Å². The summed E-state index contributed by atoms with van der Waals surface area (Å²) in [6.07, 6.45) is 6.21. The molecule has 21 heavy (non-hydrogen) atoms. The molecule has 0 radical (unpaired) electrons. The van der Waals surface area contributed by atoms with Crippen molar-refractivity contribution in [3.05, 3.63) is 21.9 Å². The molecule has 1 aromatic rings. The van der Waals surface area contributed by atoms with E-state index >= 15 is 0 Å². The fraction of sp³-hybridized carbons (Fsp3) is 0.625. The van der Waals surface area contributed by atoms with Gasteiger partial charge >= 0.3 is 5.97 Å². The lowest BCUT2D eigenvalue weighted by molar-refractivity contribution is 0.0637. The van der Waals surface area contributed by atoms with Crippen molar-refractivity contribution in [2.45, 2.75) is 38.1 Å². The SMILES string of the molecule is O=C(O)c1ccc(C(=O)N2CC3CC4CC(C3)CC2C4)s1. The number of nitrogens with zero attached hydrogens (tertiary/aromatic N) is 1. The van der Waals surface area contributed by atoms with Crippen molar-refractivity contribution in [3.8, 4) is 0 Å². The Morgan fingerprint density at radius 3 is 2.24 bits per heavy atom. The summed E-state index contributed by atoms with van der Waals surface area (Å²) < 4.78 is 0. The van der Waals surface area contributed by atoms with Crippen molar-refractivity contribution in [2.24, 2.45) is 17.8 Å². The van der Waals surface area contributed by atoms with Gasteiger partial charge in [-0.3, -0.25) is 4.79 Å². The summed E-state index contributed by atoms with van der Waals surface area (Å²) in [7, 11) is 0. The molecule has 4 fully saturated rings. The van der Waals surface area contributed by atoms with Crippen molar-refractivity contribution >= 4 is 23.2 Å². The van der Waals surface area contributed by atoms with Crippen LogP contribution in [0.1, 0.15) is 51.4 Å². The van der Waals surface area contributed by atoms with Crippen LogP contribution in [0.2, 0.25) is 0 Å².